The van der Waals surface area contributed by atoms with Gasteiger partial charge >= 0.3 is 0 Å². The molecule has 1 aliphatic heterocycles. The molecular weight excluding hydrogens is 402 g/mol. The number of halogens is 1. The second-order valence-corrected chi connectivity index (χ2v) is 9.83. The number of thiazole rings is 1. The molecule has 1 amide bonds. The predicted molar refractivity (Wildman–Crippen MR) is 100 cm³/mol. The lowest BCUT2D eigenvalue weighted by Crippen LogP contribution is -2.46. The average molecular weight is 418 g/mol. The minimum Gasteiger partial charge on any atom is -0.349 e. The molecule has 0 spiro atoms. The topological polar surface area (TPSA) is 79.4 Å². The van der Waals surface area contributed by atoms with Gasteiger partial charge in [0.05, 0.1) is 28.0 Å². The number of thioether (sulfide) groups is 1. The number of carbonyl (C=O) groups is 1. The number of benzene rings is 1. The monoisotopic (exact) mass is 417 g/mol. The molecule has 1 N–H and O–H groups in total. The Morgan fingerprint density at radius 1 is 1.40 bits per heavy atom. The zero-order valence-corrected chi connectivity index (χ0v) is 16.5. The van der Waals surface area contributed by atoms with E-state index in [1.54, 1.807) is 0 Å². The predicted octanol–water partition coefficient (Wildman–Crippen LogP) is 2.48. The quantitative estimate of drug-likeness (QED) is 0.808. The van der Waals surface area contributed by atoms with Gasteiger partial charge in [0.2, 0.25) is 15.9 Å². The summed E-state index contributed by atoms with van der Waals surface area (Å²) in [5, 5.41) is 6.04. The third kappa shape index (κ3) is 4.17. The van der Waals surface area contributed by atoms with Gasteiger partial charge in [-0.3, -0.25) is 4.79 Å². The highest BCUT2D eigenvalue weighted by molar-refractivity contribution is 8.00. The van der Waals surface area contributed by atoms with E-state index in [1.807, 2.05) is 12.3 Å². The maximum absolute atomic E-state index is 12.8. The van der Waals surface area contributed by atoms with Gasteiger partial charge in [0.1, 0.15) is 6.04 Å². The van der Waals surface area contributed by atoms with Crippen molar-refractivity contribution < 1.29 is 13.2 Å². The molecule has 2 aromatic rings. The number of carbonyl (C=O) groups excluding carboxylic acids is 1. The lowest BCUT2D eigenvalue weighted by atomic mass is 10.3. The molecular formula is C15H16ClN3O3S3. The highest BCUT2D eigenvalue weighted by atomic mass is 35.5. The van der Waals surface area contributed by atoms with E-state index in [9.17, 15) is 13.2 Å². The van der Waals surface area contributed by atoms with Crippen LogP contribution in [0.25, 0.3) is 0 Å². The van der Waals surface area contributed by atoms with E-state index in [4.69, 9.17) is 11.6 Å². The van der Waals surface area contributed by atoms with E-state index in [0.29, 0.717) is 17.3 Å². The fourth-order valence-corrected chi connectivity index (χ4v) is 6.29. The molecule has 3 rings (SSSR count). The molecule has 2 heterocycles. The summed E-state index contributed by atoms with van der Waals surface area (Å²) in [6.07, 6.45) is 0. The van der Waals surface area contributed by atoms with Gasteiger partial charge in [-0.1, -0.05) is 11.6 Å². The van der Waals surface area contributed by atoms with Crippen molar-refractivity contribution in [2.45, 2.75) is 24.4 Å². The standard InChI is InChI=1S/C15H16ClN3O3S3/c1-10-18-12(7-24-10)6-17-15(20)14-8-23-9-19(14)25(21,22)13-4-2-11(16)3-5-13/h2-5,7,14H,6,8-9H2,1H3,(H,17,20)/t14-/m1/s1. The van der Waals surface area contributed by atoms with E-state index in [1.165, 1.54) is 51.7 Å². The highest BCUT2D eigenvalue weighted by Crippen LogP contribution is 2.29. The number of rotatable bonds is 5. The molecule has 1 aromatic heterocycles. The number of sulfonamides is 1. The maximum atomic E-state index is 12.8. The van der Waals surface area contributed by atoms with E-state index < -0.39 is 16.1 Å². The maximum Gasteiger partial charge on any atom is 0.244 e. The Hall–Kier alpha value is -1.13. The van der Waals surface area contributed by atoms with Gasteiger partial charge in [-0.05, 0) is 31.2 Å². The molecule has 0 unspecified atom stereocenters. The molecule has 6 nitrogen and oxygen atoms in total. The van der Waals surface area contributed by atoms with Gasteiger partial charge in [0.25, 0.3) is 0 Å². The van der Waals surface area contributed by atoms with E-state index in [0.717, 1.165) is 10.7 Å². The number of hydrogen-bond donors (Lipinski definition) is 1. The Kier molecular flexibility index (Phi) is 5.69. The van der Waals surface area contributed by atoms with Crippen molar-refractivity contribution in [2.24, 2.45) is 0 Å². The number of amides is 1. The number of nitrogens with zero attached hydrogens (tertiary/aromatic N) is 2. The van der Waals surface area contributed by atoms with Crippen LogP contribution in [-0.4, -0.2) is 41.3 Å². The lowest BCUT2D eigenvalue weighted by molar-refractivity contribution is -0.124. The Balaban J connectivity index is 1.72. The number of nitrogens with one attached hydrogen (secondary N) is 1. The van der Waals surface area contributed by atoms with Gasteiger partial charge < -0.3 is 5.32 Å². The van der Waals surface area contributed by atoms with Crippen molar-refractivity contribution in [2.75, 3.05) is 11.6 Å². The van der Waals surface area contributed by atoms with Crippen LogP contribution >= 0.6 is 34.7 Å². The molecule has 1 aromatic carbocycles. The van der Waals surface area contributed by atoms with Gasteiger partial charge in [0, 0.05) is 16.2 Å². The molecule has 0 radical (unpaired) electrons. The average Bonchev–Trinajstić information content (AvgIpc) is 3.22. The van der Waals surface area contributed by atoms with Gasteiger partial charge in [0.15, 0.2) is 0 Å². The first-order valence-corrected chi connectivity index (χ1v) is 11.3. The molecule has 134 valence electrons. The molecule has 1 fully saturated rings. The summed E-state index contributed by atoms with van der Waals surface area (Å²) in [6.45, 7) is 2.18. The minimum absolute atomic E-state index is 0.132. The van der Waals surface area contributed by atoms with Crippen LogP contribution in [0.3, 0.4) is 0 Å². The zero-order valence-electron chi connectivity index (χ0n) is 13.3. The Bertz CT molecular complexity index is 868. The normalized spacial score (nSPS) is 18.4. The first-order chi connectivity index (χ1) is 11.9. The third-order valence-corrected chi connectivity index (χ3v) is 7.79. The van der Waals surface area contributed by atoms with Gasteiger partial charge in [-0.25, -0.2) is 13.4 Å². The fraction of sp³-hybridized carbons (Fsp3) is 0.333. The summed E-state index contributed by atoms with van der Waals surface area (Å²) in [5.41, 5.74) is 0.772. The molecule has 1 atom stereocenters. The van der Waals surface area contributed by atoms with Crippen LogP contribution in [0.15, 0.2) is 34.5 Å². The van der Waals surface area contributed by atoms with E-state index in [2.05, 4.69) is 10.3 Å². The van der Waals surface area contributed by atoms with Gasteiger partial charge in [-0.15, -0.1) is 23.1 Å². The van der Waals surface area contributed by atoms with Crippen LogP contribution in [0, 0.1) is 6.92 Å². The molecule has 1 aliphatic rings. The largest absolute Gasteiger partial charge is 0.349 e. The van der Waals surface area contributed by atoms with Crippen molar-refractivity contribution >= 4 is 50.6 Å². The summed E-state index contributed by atoms with van der Waals surface area (Å²) in [7, 11) is -3.75. The van der Waals surface area contributed by atoms with E-state index in [-0.39, 0.29) is 16.7 Å². The summed E-state index contributed by atoms with van der Waals surface area (Å²) in [4.78, 5) is 16.9. The number of aromatic nitrogens is 1. The Morgan fingerprint density at radius 3 is 2.76 bits per heavy atom. The van der Waals surface area contributed by atoms with Crippen molar-refractivity contribution in [1.29, 1.82) is 0 Å². The van der Waals surface area contributed by atoms with Crippen LogP contribution < -0.4 is 5.32 Å². The van der Waals surface area contributed by atoms with Crippen molar-refractivity contribution in [3.8, 4) is 0 Å². The van der Waals surface area contributed by atoms with Crippen LogP contribution in [0.1, 0.15) is 10.7 Å². The smallest absolute Gasteiger partial charge is 0.244 e. The third-order valence-electron chi connectivity index (χ3n) is 3.68. The fourth-order valence-electron chi connectivity index (χ4n) is 2.40. The number of hydrogen-bond acceptors (Lipinski definition) is 6. The molecule has 25 heavy (non-hydrogen) atoms. The summed E-state index contributed by atoms with van der Waals surface area (Å²) < 4.78 is 26.9. The van der Waals surface area contributed by atoms with Crippen molar-refractivity contribution in [3.63, 3.8) is 0 Å². The van der Waals surface area contributed by atoms with Crippen LogP contribution in [0.4, 0.5) is 0 Å². The molecule has 0 saturated carbocycles. The van der Waals surface area contributed by atoms with Crippen LogP contribution in [0.5, 0.6) is 0 Å². The summed E-state index contributed by atoms with van der Waals surface area (Å²) >= 11 is 8.74. The first-order valence-electron chi connectivity index (χ1n) is 7.42. The van der Waals surface area contributed by atoms with Crippen molar-refractivity contribution in [3.05, 3.63) is 45.4 Å². The molecule has 1 saturated heterocycles. The molecule has 10 heteroatoms. The van der Waals surface area contributed by atoms with Crippen molar-refractivity contribution in [1.82, 2.24) is 14.6 Å². The summed E-state index contributed by atoms with van der Waals surface area (Å²) in [6, 6.07) is 5.22. The minimum atomic E-state index is -3.75. The SMILES string of the molecule is Cc1nc(CNC(=O)[C@H]2CSCN2S(=O)(=O)c2ccc(Cl)cc2)cs1. The second kappa shape index (κ2) is 7.63. The molecule has 0 aliphatic carbocycles. The summed E-state index contributed by atoms with van der Waals surface area (Å²) in [5.74, 6) is 0.362. The molecule has 0 bridgehead atoms. The van der Waals surface area contributed by atoms with E-state index >= 15 is 0 Å². The Labute approximate surface area is 159 Å². The van der Waals surface area contributed by atoms with Crippen LogP contribution in [0.2, 0.25) is 5.02 Å². The van der Waals surface area contributed by atoms with Gasteiger partial charge in [-0.2, -0.15) is 4.31 Å². The number of aryl methyl sites for hydroxylation is 1. The zero-order chi connectivity index (χ0) is 18.0. The lowest BCUT2D eigenvalue weighted by Gasteiger charge is -2.22. The highest BCUT2D eigenvalue weighted by Gasteiger charge is 2.39. The second-order valence-electron chi connectivity index (χ2n) is 5.44. The Morgan fingerprint density at radius 2 is 2.12 bits per heavy atom. The van der Waals surface area contributed by atoms with Crippen LogP contribution in [-0.2, 0) is 21.4 Å². The first kappa shape index (κ1) is 18.7.